The lowest BCUT2D eigenvalue weighted by molar-refractivity contribution is 0.204. The van der Waals surface area contributed by atoms with E-state index in [1.807, 2.05) is 18.2 Å². The second-order valence-corrected chi connectivity index (χ2v) is 9.84. The minimum Gasteiger partial charge on any atom is -0.493 e. The van der Waals surface area contributed by atoms with Crippen molar-refractivity contribution >= 4 is 10.0 Å². The van der Waals surface area contributed by atoms with E-state index in [2.05, 4.69) is 11.0 Å². The van der Waals surface area contributed by atoms with Crippen LogP contribution in [0.3, 0.4) is 0 Å². The highest BCUT2D eigenvalue weighted by atomic mass is 32.2. The Balaban J connectivity index is 1.41. The first-order chi connectivity index (χ1) is 14.1. The topological polar surface area (TPSA) is 49.9 Å². The summed E-state index contributed by atoms with van der Waals surface area (Å²) < 4.78 is 33.7. The largest absolute Gasteiger partial charge is 0.493 e. The minimum absolute atomic E-state index is 0.350. The van der Waals surface area contributed by atoms with Gasteiger partial charge >= 0.3 is 0 Å². The summed E-state index contributed by atoms with van der Waals surface area (Å²) in [6, 6.07) is 14.8. The molecule has 1 fully saturated rings. The van der Waals surface area contributed by atoms with Crippen LogP contribution in [0.4, 0.5) is 0 Å². The van der Waals surface area contributed by atoms with Gasteiger partial charge in [-0.25, -0.2) is 8.42 Å². The summed E-state index contributed by atoms with van der Waals surface area (Å²) in [5.41, 5.74) is 2.20. The summed E-state index contributed by atoms with van der Waals surface area (Å²) in [5, 5.41) is 0. The molecule has 29 heavy (non-hydrogen) atoms. The Kier molecular flexibility index (Phi) is 6.53. The van der Waals surface area contributed by atoms with Crippen molar-refractivity contribution in [2.75, 3.05) is 32.8 Å². The first-order valence-corrected chi connectivity index (χ1v) is 12.1. The molecule has 0 saturated carbocycles. The van der Waals surface area contributed by atoms with E-state index >= 15 is 0 Å². The molecule has 0 unspecified atom stereocenters. The Morgan fingerprint density at radius 1 is 0.897 bits per heavy atom. The summed E-state index contributed by atoms with van der Waals surface area (Å²) >= 11 is 0. The molecule has 6 heteroatoms. The number of benzene rings is 2. The molecule has 4 rings (SSSR count). The molecule has 0 radical (unpaired) electrons. The molecule has 2 aromatic rings. The Hall–Kier alpha value is -1.89. The summed E-state index contributed by atoms with van der Waals surface area (Å²) in [5.74, 6) is 0.828. The predicted octanol–water partition coefficient (Wildman–Crippen LogP) is 3.69. The number of nitrogens with zero attached hydrogens (tertiary/aromatic N) is 2. The van der Waals surface area contributed by atoms with Crippen LogP contribution in [-0.2, 0) is 23.0 Å². The number of piperidine rings is 1. The number of likely N-dealkylation sites (tertiary alicyclic amines) is 1. The average Bonchev–Trinajstić information content (AvgIpc) is 2.78. The van der Waals surface area contributed by atoms with Gasteiger partial charge in [0.1, 0.15) is 5.75 Å². The maximum absolute atomic E-state index is 13.0. The summed E-state index contributed by atoms with van der Waals surface area (Å²) in [4.78, 5) is 2.87. The average molecular weight is 415 g/mol. The fraction of sp³-hybridized carbons (Fsp3) is 0.478. The molecule has 2 aliphatic rings. The number of sulfonamides is 1. The molecular formula is C23H30N2O3S. The zero-order valence-electron chi connectivity index (χ0n) is 16.9. The van der Waals surface area contributed by atoms with Crippen molar-refractivity contribution in [3.8, 4) is 5.75 Å². The van der Waals surface area contributed by atoms with Crippen molar-refractivity contribution in [1.29, 1.82) is 0 Å². The SMILES string of the molecule is O=S(=O)(c1ccccc1)N1CCc2cccc(OCCCN3CCCCC3)c2C1. The van der Waals surface area contributed by atoms with Crippen molar-refractivity contribution in [3.63, 3.8) is 0 Å². The van der Waals surface area contributed by atoms with Crippen LogP contribution in [0.2, 0.25) is 0 Å². The second kappa shape index (κ2) is 9.28. The van der Waals surface area contributed by atoms with Gasteiger partial charge in [-0.2, -0.15) is 4.31 Å². The van der Waals surface area contributed by atoms with Crippen LogP contribution in [0.5, 0.6) is 5.75 Å². The summed E-state index contributed by atoms with van der Waals surface area (Å²) in [6.45, 7) is 5.01. The third-order valence-electron chi connectivity index (χ3n) is 5.90. The van der Waals surface area contributed by atoms with Gasteiger partial charge in [-0.05, 0) is 62.5 Å². The molecule has 2 aromatic carbocycles. The summed E-state index contributed by atoms with van der Waals surface area (Å²) in [6.07, 6.45) is 5.67. The molecule has 0 aromatic heterocycles. The van der Waals surface area contributed by atoms with Crippen LogP contribution in [0, 0.1) is 0 Å². The molecule has 1 saturated heterocycles. The smallest absolute Gasteiger partial charge is 0.243 e. The van der Waals surface area contributed by atoms with Gasteiger partial charge in [-0.3, -0.25) is 0 Å². The standard InChI is InChI=1S/C23H30N2O3S/c26-29(27,21-10-3-1-4-11-21)25-17-13-20-9-7-12-23(22(20)19-25)28-18-8-16-24-14-5-2-6-15-24/h1,3-4,7,9-12H,2,5-6,8,13-19H2. The van der Waals surface area contributed by atoms with Crippen LogP contribution in [0.15, 0.2) is 53.4 Å². The van der Waals surface area contributed by atoms with Crippen molar-refractivity contribution in [1.82, 2.24) is 9.21 Å². The second-order valence-electron chi connectivity index (χ2n) is 7.90. The molecular weight excluding hydrogens is 384 g/mol. The third-order valence-corrected chi connectivity index (χ3v) is 7.76. The third kappa shape index (κ3) is 4.82. The van der Waals surface area contributed by atoms with Crippen LogP contribution < -0.4 is 4.74 Å². The number of rotatable bonds is 7. The Morgan fingerprint density at radius 2 is 1.69 bits per heavy atom. The van der Waals surface area contributed by atoms with E-state index in [9.17, 15) is 8.42 Å². The number of hydrogen-bond acceptors (Lipinski definition) is 4. The van der Waals surface area contributed by atoms with E-state index in [1.165, 1.54) is 37.9 Å². The van der Waals surface area contributed by atoms with Gasteiger partial charge in [-0.1, -0.05) is 36.8 Å². The minimum atomic E-state index is -3.49. The lowest BCUT2D eigenvalue weighted by Crippen LogP contribution is -2.36. The van der Waals surface area contributed by atoms with Gasteiger partial charge in [-0.15, -0.1) is 0 Å². The van der Waals surface area contributed by atoms with Crippen molar-refractivity contribution < 1.29 is 13.2 Å². The number of fused-ring (bicyclic) bond motifs is 1. The first kappa shape index (κ1) is 20.4. The Labute approximate surface area is 174 Å². The zero-order valence-corrected chi connectivity index (χ0v) is 17.7. The van der Waals surface area contributed by atoms with E-state index in [1.54, 1.807) is 28.6 Å². The lowest BCUT2D eigenvalue weighted by Gasteiger charge is -2.29. The van der Waals surface area contributed by atoms with Gasteiger partial charge in [0.05, 0.1) is 11.5 Å². The molecule has 0 N–H and O–H groups in total. The summed E-state index contributed by atoms with van der Waals surface area (Å²) in [7, 11) is -3.49. The van der Waals surface area contributed by atoms with Crippen molar-refractivity contribution in [2.45, 2.75) is 43.5 Å². The Bertz CT molecular complexity index is 909. The van der Waals surface area contributed by atoms with Crippen LogP contribution in [0.25, 0.3) is 0 Å². The van der Waals surface area contributed by atoms with Crippen LogP contribution in [-0.4, -0.2) is 50.4 Å². The fourth-order valence-electron chi connectivity index (χ4n) is 4.26. The van der Waals surface area contributed by atoms with E-state index in [-0.39, 0.29) is 0 Å². The van der Waals surface area contributed by atoms with E-state index in [0.717, 1.165) is 24.3 Å². The number of ether oxygens (including phenoxy) is 1. The quantitative estimate of drug-likeness (QED) is 0.649. The van der Waals surface area contributed by atoms with Crippen molar-refractivity contribution in [2.24, 2.45) is 0 Å². The molecule has 0 amide bonds. The molecule has 156 valence electrons. The van der Waals surface area contributed by atoms with E-state index < -0.39 is 10.0 Å². The molecule has 0 spiro atoms. The van der Waals surface area contributed by atoms with E-state index in [4.69, 9.17) is 4.74 Å². The Morgan fingerprint density at radius 3 is 2.48 bits per heavy atom. The first-order valence-electron chi connectivity index (χ1n) is 10.7. The zero-order chi connectivity index (χ0) is 20.1. The van der Waals surface area contributed by atoms with Gasteiger partial charge in [0.15, 0.2) is 0 Å². The molecule has 0 bridgehead atoms. The van der Waals surface area contributed by atoms with Crippen LogP contribution >= 0.6 is 0 Å². The molecule has 0 atom stereocenters. The highest BCUT2D eigenvalue weighted by Gasteiger charge is 2.29. The monoisotopic (exact) mass is 414 g/mol. The molecule has 2 aliphatic heterocycles. The maximum atomic E-state index is 13.0. The normalized spacial score (nSPS) is 18.3. The fourth-order valence-corrected chi connectivity index (χ4v) is 5.69. The number of hydrogen-bond donors (Lipinski definition) is 0. The van der Waals surface area contributed by atoms with Gasteiger partial charge < -0.3 is 9.64 Å². The predicted molar refractivity (Wildman–Crippen MR) is 115 cm³/mol. The van der Waals surface area contributed by atoms with Crippen molar-refractivity contribution in [3.05, 3.63) is 59.7 Å². The van der Waals surface area contributed by atoms with E-state index in [0.29, 0.717) is 31.0 Å². The highest BCUT2D eigenvalue weighted by Crippen LogP contribution is 2.31. The molecule has 0 aliphatic carbocycles. The highest BCUT2D eigenvalue weighted by molar-refractivity contribution is 7.89. The van der Waals surface area contributed by atoms with Gasteiger partial charge in [0.25, 0.3) is 0 Å². The molecule has 2 heterocycles. The molecule has 5 nitrogen and oxygen atoms in total. The maximum Gasteiger partial charge on any atom is 0.243 e. The van der Waals surface area contributed by atoms with Crippen LogP contribution in [0.1, 0.15) is 36.8 Å². The van der Waals surface area contributed by atoms with Gasteiger partial charge in [0, 0.05) is 25.2 Å². The van der Waals surface area contributed by atoms with Gasteiger partial charge in [0.2, 0.25) is 10.0 Å². The lowest BCUT2D eigenvalue weighted by atomic mass is 10.0.